The third kappa shape index (κ3) is 21.6. The van der Waals surface area contributed by atoms with Gasteiger partial charge in [-0.15, -0.1) is 0 Å². The van der Waals surface area contributed by atoms with Gasteiger partial charge in [0.15, 0.2) is 5.05 Å². The second kappa shape index (κ2) is 19.7. The lowest BCUT2D eigenvalue weighted by molar-refractivity contribution is 0.528. The van der Waals surface area contributed by atoms with Crippen LogP contribution in [0.1, 0.15) is 116 Å². The number of aliphatic hydroxyl groups is 1. The van der Waals surface area contributed by atoms with Gasteiger partial charge in [0.05, 0.1) is 0 Å². The number of rotatable bonds is 18. The molecule has 0 rings (SSSR count). The first kappa shape index (κ1) is 22.6. The van der Waals surface area contributed by atoms with E-state index in [9.17, 15) is 0 Å². The smallest absolute Gasteiger partial charge is 0.156 e. The highest BCUT2D eigenvalue weighted by atomic mass is 32.1. The van der Waals surface area contributed by atoms with E-state index in [1.165, 1.54) is 96.3 Å². The Morgan fingerprint density at radius 2 is 1.04 bits per heavy atom. The van der Waals surface area contributed by atoms with Crippen molar-refractivity contribution in [1.82, 2.24) is 0 Å². The fourth-order valence-corrected chi connectivity index (χ4v) is 3.02. The van der Waals surface area contributed by atoms with Crippen molar-refractivity contribution in [3.05, 3.63) is 12.2 Å². The summed E-state index contributed by atoms with van der Waals surface area (Å²) in [5.41, 5.74) is 0. The van der Waals surface area contributed by atoms with Gasteiger partial charge in [0.25, 0.3) is 0 Å². The van der Waals surface area contributed by atoms with Crippen LogP contribution in [-0.2, 0) is 0 Å². The molecule has 0 saturated carbocycles. The van der Waals surface area contributed by atoms with Crippen LogP contribution in [-0.4, -0.2) is 10.2 Å². The molecule has 0 aliphatic carbocycles. The highest BCUT2D eigenvalue weighted by Gasteiger charge is 1.94. The van der Waals surface area contributed by atoms with Crippen molar-refractivity contribution < 1.29 is 5.11 Å². The van der Waals surface area contributed by atoms with E-state index >= 15 is 0 Å². The van der Waals surface area contributed by atoms with Gasteiger partial charge < -0.3 is 5.11 Å². The Labute approximate surface area is 151 Å². The van der Waals surface area contributed by atoms with E-state index in [4.69, 9.17) is 5.11 Å². The van der Waals surface area contributed by atoms with Gasteiger partial charge >= 0.3 is 0 Å². The molecule has 0 aromatic carbocycles. The third-order valence-electron chi connectivity index (χ3n) is 4.40. The van der Waals surface area contributed by atoms with E-state index in [2.05, 4.69) is 31.3 Å². The molecule has 1 nitrogen and oxygen atoms in total. The first-order valence-corrected chi connectivity index (χ1v) is 10.5. The summed E-state index contributed by atoms with van der Waals surface area (Å²) in [6.45, 7) is 2.28. The van der Waals surface area contributed by atoms with Crippen molar-refractivity contribution in [1.29, 1.82) is 0 Å². The van der Waals surface area contributed by atoms with E-state index in [-0.39, 0.29) is 5.05 Å². The molecule has 0 aromatic rings. The van der Waals surface area contributed by atoms with Crippen LogP contribution >= 0.6 is 12.2 Å². The number of thiocarbonyl (C=S) groups is 1. The van der Waals surface area contributed by atoms with Gasteiger partial charge in [-0.1, -0.05) is 89.7 Å². The van der Waals surface area contributed by atoms with Crippen molar-refractivity contribution >= 4 is 17.3 Å². The largest absolute Gasteiger partial charge is 0.502 e. The Morgan fingerprint density at radius 1 is 0.652 bits per heavy atom. The van der Waals surface area contributed by atoms with Crippen LogP contribution in [0.4, 0.5) is 0 Å². The molecule has 0 saturated heterocycles. The summed E-state index contributed by atoms with van der Waals surface area (Å²) in [7, 11) is 0. The molecule has 136 valence electrons. The molecule has 0 aliphatic rings. The van der Waals surface area contributed by atoms with Crippen molar-refractivity contribution in [2.24, 2.45) is 0 Å². The van der Waals surface area contributed by atoms with Crippen LogP contribution in [0.25, 0.3) is 0 Å². The van der Waals surface area contributed by atoms with E-state index in [0.717, 1.165) is 6.42 Å². The zero-order valence-electron chi connectivity index (χ0n) is 15.5. The van der Waals surface area contributed by atoms with Crippen LogP contribution in [0, 0.1) is 0 Å². The predicted octanol–water partition coefficient (Wildman–Crippen LogP) is 8.08. The van der Waals surface area contributed by atoms with Crippen molar-refractivity contribution in [2.75, 3.05) is 0 Å². The van der Waals surface area contributed by atoms with Gasteiger partial charge in [-0.2, -0.15) is 0 Å². The fraction of sp³-hybridized carbons (Fsp3) is 0.857. The third-order valence-corrected chi connectivity index (χ3v) is 4.61. The average molecular weight is 341 g/mol. The number of aliphatic hydroxyl groups excluding tert-OH is 1. The van der Waals surface area contributed by atoms with Crippen LogP contribution < -0.4 is 0 Å². The van der Waals surface area contributed by atoms with Crippen molar-refractivity contribution in [3.8, 4) is 0 Å². The molecule has 0 amide bonds. The number of unbranched alkanes of at least 4 members (excludes halogenated alkanes) is 14. The summed E-state index contributed by atoms with van der Waals surface area (Å²) in [5, 5.41) is 9.09. The summed E-state index contributed by atoms with van der Waals surface area (Å²) >= 11 is 4.66. The van der Waals surface area contributed by atoms with Gasteiger partial charge in [-0.3, -0.25) is 0 Å². The molecule has 0 atom stereocenters. The van der Waals surface area contributed by atoms with Gasteiger partial charge in [0.2, 0.25) is 0 Å². The molecular weight excluding hydrogens is 300 g/mol. The molecule has 1 N–H and O–H groups in total. The van der Waals surface area contributed by atoms with E-state index < -0.39 is 0 Å². The fourth-order valence-electron chi connectivity index (χ4n) is 2.88. The van der Waals surface area contributed by atoms with Crippen LogP contribution in [0.2, 0.25) is 0 Å². The Hall–Kier alpha value is -0.370. The molecular formula is C21H40OS. The van der Waals surface area contributed by atoms with Gasteiger partial charge in [-0.05, 0) is 44.3 Å². The zero-order valence-corrected chi connectivity index (χ0v) is 16.3. The molecule has 2 heteroatoms. The maximum atomic E-state index is 8.91. The normalized spacial score (nSPS) is 11.3. The average Bonchev–Trinajstić information content (AvgIpc) is 2.53. The first-order chi connectivity index (χ1) is 11.3. The minimum Gasteiger partial charge on any atom is -0.502 e. The summed E-state index contributed by atoms with van der Waals surface area (Å²) < 4.78 is 0. The standard InChI is InChI=1S/C21H40OS/c1-2-3-4-5-6-7-8-9-10-11-12-13-14-15-16-17-18-19-20-21(22)23/h9-10H,2-8,11-20H2,1H3,(H,22,23)/b10-9-. The highest BCUT2D eigenvalue weighted by Crippen LogP contribution is 2.11. The van der Waals surface area contributed by atoms with Crippen LogP contribution in [0.3, 0.4) is 0 Å². The molecule has 0 spiro atoms. The quantitative estimate of drug-likeness (QED) is 0.154. The topological polar surface area (TPSA) is 20.2 Å². The van der Waals surface area contributed by atoms with Gasteiger partial charge in [0.1, 0.15) is 0 Å². The second-order valence-corrected chi connectivity index (χ2v) is 7.26. The summed E-state index contributed by atoms with van der Waals surface area (Å²) in [6.07, 6.45) is 26.8. The van der Waals surface area contributed by atoms with Crippen molar-refractivity contribution in [3.63, 3.8) is 0 Å². The first-order valence-electron chi connectivity index (χ1n) is 10.1. The lowest BCUT2D eigenvalue weighted by Gasteiger charge is -2.01. The van der Waals surface area contributed by atoms with Crippen molar-refractivity contribution in [2.45, 2.75) is 116 Å². The summed E-state index contributed by atoms with van der Waals surface area (Å²) in [5.74, 6) is 0. The second-order valence-electron chi connectivity index (χ2n) is 6.79. The minimum atomic E-state index is 0.176. The molecule has 0 bridgehead atoms. The Kier molecular flexibility index (Phi) is 19.4. The molecule has 0 fully saturated rings. The molecule has 0 unspecified atom stereocenters. The maximum Gasteiger partial charge on any atom is 0.156 e. The molecule has 0 aromatic heterocycles. The predicted molar refractivity (Wildman–Crippen MR) is 109 cm³/mol. The molecule has 0 radical (unpaired) electrons. The maximum absolute atomic E-state index is 8.91. The zero-order chi connectivity index (χ0) is 17.0. The van der Waals surface area contributed by atoms with E-state index in [0.29, 0.717) is 6.42 Å². The monoisotopic (exact) mass is 340 g/mol. The molecule has 0 aliphatic heterocycles. The molecule has 0 heterocycles. The number of hydrogen-bond acceptors (Lipinski definition) is 1. The Balaban J connectivity index is 3.06. The van der Waals surface area contributed by atoms with Gasteiger partial charge in [-0.25, -0.2) is 0 Å². The Bertz CT molecular complexity index is 273. The lowest BCUT2D eigenvalue weighted by Crippen LogP contribution is -1.90. The summed E-state index contributed by atoms with van der Waals surface area (Å²) in [6, 6.07) is 0. The SMILES string of the molecule is CCCCCCCC/C=C\CCCCCCCCCCC(O)=S. The highest BCUT2D eigenvalue weighted by molar-refractivity contribution is 7.80. The van der Waals surface area contributed by atoms with E-state index in [1.807, 2.05) is 0 Å². The Morgan fingerprint density at radius 3 is 1.48 bits per heavy atom. The summed E-state index contributed by atoms with van der Waals surface area (Å²) in [4.78, 5) is 0. The van der Waals surface area contributed by atoms with Gasteiger partial charge in [0, 0.05) is 6.42 Å². The number of allylic oxidation sites excluding steroid dienone is 2. The minimum absolute atomic E-state index is 0.176. The number of hydrogen-bond donors (Lipinski definition) is 1. The van der Waals surface area contributed by atoms with Crippen LogP contribution in [0.15, 0.2) is 12.2 Å². The lowest BCUT2D eigenvalue weighted by atomic mass is 10.1. The molecule has 23 heavy (non-hydrogen) atoms. The van der Waals surface area contributed by atoms with E-state index in [1.54, 1.807) is 0 Å². The van der Waals surface area contributed by atoms with Crippen LogP contribution in [0.5, 0.6) is 0 Å².